The Kier molecular flexibility index (Phi) is 4.26. The number of carbonyl (C=O) groups is 1. The fraction of sp³-hybridized carbons (Fsp3) is 0.294. The second-order valence-corrected chi connectivity index (χ2v) is 5.81. The van der Waals surface area contributed by atoms with E-state index in [9.17, 15) is 4.79 Å². The molecule has 0 fully saturated rings. The molecule has 110 valence electrons. The Balaban J connectivity index is 2.50. The summed E-state index contributed by atoms with van der Waals surface area (Å²) in [4.78, 5) is 16.5. The van der Waals surface area contributed by atoms with Crippen LogP contribution in [0.15, 0.2) is 42.6 Å². The molecule has 2 rings (SSSR count). The summed E-state index contributed by atoms with van der Waals surface area (Å²) in [5.74, 6) is 0.333. The van der Waals surface area contributed by atoms with Crippen molar-refractivity contribution in [3.8, 4) is 17.0 Å². The fourth-order valence-electron chi connectivity index (χ4n) is 1.88. The summed E-state index contributed by atoms with van der Waals surface area (Å²) >= 11 is 0. The molecule has 1 aromatic heterocycles. The molecule has 0 atom stereocenters. The summed E-state index contributed by atoms with van der Waals surface area (Å²) in [6.07, 6.45) is 1.67. The van der Waals surface area contributed by atoms with Crippen LogP contribution < -0.4 is 10.1 Å². The van der Waals surface area contributed by atoms with Crippen LogP contribution in [-0.4, -0.2) is 18.0 Å². The minimum atomic E-state index is -0.491. The maximum absolute atomic E-state index is 12.3. The van der Waals surface area contributed by atoms with E-state index in [1.165, 1.54) is 0 Å². The van der Waals surface area contributed by atoms with Crippen molar-refractivity contribution < 1.29 is 9.53 Å². The van der Waals surface area contributed by atoms with E-state index in [-0.39, 0.29) is 5.91 Å². The van der Waals surface area contributed by atoms with E-state index in [0.717, 1.165) is 11.1 Å². The number of hydrogen-bond donors (Lipinski definition) is 1. The van der Waals surface area contributed by atoms with E-state index in [0.29, 0.717) is 11.6 Å². The Bertz CT molecular complexity index is 631. The first-order valence-electron chi connectivity index (χ1n) is 6.83. The third kappa shape index (κ3) is 3.40. The second-order valence-electron chi connectivity index (χ2n) is 5.81. The highest BCUT2D eigenvalue weighted by atomic mass is 16.5. The van der Waals surface area contributed by atoms with E-state index in [2.05, 4.69) is 10.3 Å². The fourth-order valence-corrected chi connectivity index (χ4v) is 1.88. The van der Waals surface area contributed by atoms with Crippen molar-refractivity contribution >= 4 is 11.6 Å². The van der Waals surface area contributed by atoms with Gasteiger partial charge in [0, 0.05) is 17.2 Å². The van der Waals surface area contributed by atoms with Crippen LogP contribution in [0.4, 0.5) is 5.69 Å². The summed E-state index contributed by atoms with van der Waals surface area (Å²) in [6, 6.07) is 11.7. The number of amides is 1. The van der Waals surface area contributed by atoms with Gasteiger partial charge in [-0.3, -0.25) is 4.79 Å². The number of aromatic nitrogens is 1. The van der Waals surface area contributed by atoms with E-state index in [1.54, 1.807) is 13.3 Å². The van der Waals surface area contributed by atoms with Crippen LogP contribution in [0.25, 0.3) is 11.1 Å². The molecule has 0 saturated heterocycles. The van der Waals surface area contributed by atoms with Gasteiger partial charge in [0.1, 0.15) is 5.69 Å². The van der Waals surface area contributed by atoms with Gasteiger partial charge >= 0.3 is 0 Å². The highest BCUT2D eigenvalue weighted by molar-refractivity contribution is 5.99. The maximum Gasteiger partial charge on any atom is 0.238 e. The molecule has 0 bridgehead atoms. The number of nitrogens with zero attached hydrogens (tertiary/aromatic N) is 1. The second kappa shape index (κ2) is 5.95. The smallest absolute Gasteiger partial charge is 0.238 e. The molecule has 1 amide bonds. The van der Waals surface area contributed by atoms with Gasteiger partial charge < -0.3 is 10.1 Å². The third-order valence-corrected chi connectivity index (χ3v) is 3.11. The first-order chi connectivity index (χ1) is 9.93. The predicted octanol–water partition coefficient (Wildman–Crippen LogP) is 3.74. The van der Waals surface area contributed by atoms with Gasteiger partial charge in [-0.05, 0) is 11.6 Å². The molecule has 2 aromatic rings. The van der Waals surface area contributed by atoms with Gasteiger partial charge in [0.25, 0.3) is 0 Å². The molecular formula is C17H20N2O2. The first-order valence-corrected chi connectivity index (χ1v) is 6.83. The normalized spacial score (nSPS) is 11.0. The van der Waals surface area contributed by atoms with Gasteiger partial charge in [0.2, 0.25) is 11.8 Å². The lowest BCUT2D eigenvalue weighted by molar-refractivity contribution is -0.123. The minimum absolute atomic E-state index is 0.0778. The summed E-state index contributed by atoms with van der Waals surface area (Å²) in [5, 5.41) is 2.94. The highest BCUT2D eigenvalue weighted by Gasteiger charge is 2.24. The molecule has 0 saturated carbocycles. The number of anilines is 1. The van der Waals surface area contributed by atoms with Crippen molar-refractivity contribution in [1.82, 2.24) is 4.98 Å². The first kappa shape index (κ1) is 15.0. The molecule has 1 N–H and O–H groups in total. The van der Waals surface area contributed by atoms with Gasteiger partial charge in [-0.25, -0.2) is 4.98 Å². The lowest BCUT2D eigenvalue weighted by atomic mass is 9.95. The van der Waals surface area contributed by atoms with Crippen LogP contribution in [0, 0.1) is 5.41 Å². The molecule has 4 nitrogen and oxygen atoms in total. The SMILES string of the molecule is COc1nccc(-c2ccccc2)c1NC(=O)C(C)(C)C. The Morgan fingerprint density at radius 2 is 1.81 bits per heavy atom. The Morgan fingerprint density at radius 3 is 2.38 bits per heavy atom. The molecule has 0 spiro atoms. The van der Waals surface area contributed by atoms with Crippen LogP contribution in [0.2, 0.25) is 0 Å². The standard InChI is InChI=1S/C17H20N2O2/c1-17(2,3)16(20)19-14-13(10-11-18-15(14)21-4)12-8-6-5-7-9-12/h5-11H,1-4H3,(H,19,20). The van der Waals surface area contributed by atoms with Crippen molar-refractivity contribution in [3.63, 3.8) is 0 Å². The Labute approximate surface area is 125 Å². The number of methoxy groups -OCH3 is 1. The zero-order chi connectivity index (χ0) is 15.5. The number of ether oxygens (including phenoxy) is 1. The molecular weight excluding hydrogens is 264 g/mol. The number of pyridine rings is 1. The maximum atomic E-state index is 12.3. The average molecular weight is 284 g/mol. The van der Waals surface area contributed by atoms with Crippen molar-refractivity contribution in [2.24, 2.45) is 5.41 Å². The minimum Gasteiger partial charge on any atom is -0.479 e. The predicted molar refractivity (Wildman–Crippen MR) is 84.3 cm³/mol. The van der Waals surface area contributed by atoms with Crippen molar-refractivity contribution in [3.05, 3.63) is 42.6 Å². The van der Waals surface area contributed by atoms with Crippen LogP contribution >= 0.6 is 0 Å². The van der Waals surface area contributed by atoms with Gasteiger partial charge in [-0.15, -0.1) is 0 Å². The number of rotatable bonds is 3. The Morgan fingerprint density at radius 1 is 1.14 bits per heavy atom. The van der Waals surface area contributed by atoms with Crippen molar-refractivity contribution in [1.29, 1.82) is 0 Å². The van der Waals surface area contributed by atoms with Gasteiger partial charge in [0.05, 0.1) is 7.11 Å². The van der Waals surface area contributed by atoms with E-state index < -0.39 is 5.41 Å². The topological polar surface area (TPSA) is 51.2 Å². The van der Waals surface area contributed by atoms with Gasteiger partial charge in [-0.2, -0.15) is 0 Å². The van der Waals surface area contributed by atoms with Crippen LogP contribution in [0.1, 0.15) is 20.8 Å². The molecule has 0 aliphatic carbocycles. The van der Waals surface area contributed by atoms with Crippen molar-refractivity contribution in [2.75, 3.05) is 12.4 Å². The average Bonchev–Trinajstić information content (AvgIpc) is 2.47. The monoisotopic (exact) mass is 284 g/mol. The third-order valence-electron chi connectivity index (χ3n) is 3.11. The summed E-state index contributed by atoms with van der Waals surface area (Å²) in [7, 11) is 1.55. The van der Waals surface area contributed by atoms with E-state index >= 15 is 0 Å². The highest BCUT2D eigenvalue weighted by Crippen LogP contribution is 2.35. The Hall–Kier alpha value is -2.36. The number of nitrogens with one attached hydrogen (secondary N) is 1. The zero-order valence-electron chi connectivity index (χ0n) is 12.8. The van der Waals surface area contributed by atoms with E-state index in [1.807, 2.05) is 57.2 Å². The number of benzene rings is 1. The van der Waals surface area contributed by atoms with Crippen LogP contribution in [-0.2, 0) is 4.79 Å². The summed E-state index contributed by atoms with van der Waals surface area (Å²) < 4.78 is 5.30. The molecule has 4 heteroatoms. The quantitative estimate of drug-likeness (QED) is 0.934. The number of hydrogen-bond acceptors (Lipinski definition) is 3. The lowest BCUT2D eigenvalue weighted by Crippen LogP contribution is -2.28. The van der Waals surface area contributed by atoms with Crippen LogP contribution in [0.3, 0.4) is 0 Å². The molecule has 0 radical (unpaired) electrons. The number of carbonyl (C=O) groups excluding carboxylic acids is 1. The van der Waals surface area contributed by atoms with Crippen molar-refractivity contribution in [2.45, 2.75) is 20.8 Å². The molecule has 0 unspecified atom stereocenters. The zero-order valence-corrected chi connectivity index (χ0v) is 12.8. The van der Waals surface area contributed by atoms with Crippen LogP contribution in [0.5, 0.6) is 5.88 Å². The largest absolute Gasteiger partial charge is 0.479 e. The van der Waals surface area contributed by atoms with Gasteiger partial charge in [-0.1, -0.05) is 51.1 Å². The molecule has 21 heavy (non-hydrogen) atoms. The molecule has 0 aliphatic rings. The lowest BCUT2D eigenvalue weighted by Gasteiger charge is -2.20. The molecule has 0 aliphatic heterocycles. The van der Waals surface area contributed by atoms with E-state index in [4.69, 9.17) is 4.74 Å². The summed E-state index contributed by atoms with van der Waals surface area (Å²) in [6.45, 7) is 5.61. The molecule has 1 heterocycles. The van der Waals surface area contributed by atoms with Gasteiger partial charge in [0.15, 0.2) is 0 Å². The summed E-state index contributed by atoms with van der Waals surface area (Å²) in [5.41, 5.74) is 2.00. The molecule has 1 aromatic carbocycles.